The number of para-hydroxylation sites is 1. The molecular weight excluding hydrogens is 358 g/mol. The normalized spacial score (nSPS) is 14.9. The van der Waals surface area contributed by atoms with E-state index in [2.05, 4.69) is 15.0 Å². The highest BCUT2D eigenvalue weighted by molar-refractivity contribution is 5.79. The Labute approximate surface area is 161 Å². The van der Waals surface area contributed by atoms with E-state index in [4.69, 9.17) is 4.74 Å². The number of aromatic nitrogens is 4. The zero-order valence-electron chi connectivity index (χ0n) is 15.4. The predicted molar refractivity (Wildman–Crippen MR) is 103 cm³/mol. The number of ether oxygens (including phenoxy) is 1. The molecule has 0 saturated carbocycles. The summed E-state index contributed by atoms with van der Waals surface area (Å²) in [4.78, 5) is 39.3. The van der Waals surface area contributed by atoms with Crippen LogP contribution in [0.5, 0.6) is 6.01 Å². The van der Waals surface area contributed by atoms with E-state index < -0.39 is 0 Å². The van der Waals surface area contributed by atoms with Crippen molar-refractivity contribution in [2.75, 3.05) is 19.7 Å². The first kappa shape index (κ1) is 18.1. The number of carbonyl (C=O) groups is 1. The van der Waals surface area contributed by atoms with E-state index in [1.807, 2.05) is 6.07 Å². The van der Waals surface area contributed by atoms with Crippen LogP contribution in [0, 0.1) is 5.92 Å². The van der Waals surface area contributed by atoms with Gasteiger partial charge in [0.1, 0.15) is 6.54 Å². The number of fused-ring (bicyclic) bond motifs is 1. The summed E-state index contributed by atoms with van der Waals surface area (Å²) in [6.07, 6.45) is 6.44. The summed E-state index contributed by atoms with van der Waals surface area (Å²) in [5, 5.41) is 0.525. The van der Waals surface area contributed by atoms with Crippen LogP contribution >= 0.6 is 0 Å². The lowest BCUT2D eigenvalue weighted by Gasteiger charge is -2.31. The second-order valence-corrected chi connectivity index (χ2v) is 6.86. The molecule has 1 amide bonds. The van der Waals surface area contributed by atoms with Crippen molar-refractivity contribution < 1.29 is 9.53 Å². The van der Waals surface area contributed by atoms with Gasteiger partial charge in [-0.2, -0.15) is 0 Å². The molecule has 1 saturated heterocycles. The van der Waals surface area contributed by atoms with Crippen molar-refractivity contribution in [3.05, 3.63) is 59.4 Å². The van der Waals surface area contributed by atoms with Gasteiger partial charge in [-0.15, -0.1) is 0 Å². The Morgan fingerprint density at radius 3 is 2.61 bits per heavy atom. The van der Waals surface area contributed by atoms with Gasteiger partial charge in [0.15, 0.2) is 0 Å². The second kappa shape index (κ2) is 8.16. The molecule has 8 nitrogen and oxygen atoms in total. The van der Waals surface area contributed by atoms with Gasteiger partial charge in [0.2, 0.25) is 5.91 Å². The molecule has 0 aliphatic carbocycles. The molecular formula is C20H21N5O3. The predicted octanol–water partition coefficient (Wildman–Crippen LogP) is 1.50. The minimum Gasteiger partial charge on any atom is -0.463 e. The van der Waals surface area contributed by atoms with Gasteiger partial charge in [-0.3, -0.25) is 14.2 Å². The number of hydrogen-bond donors (Lipinski definition) is 0. The van der Waals surface area contributed by atoms with Crippen LogP contribution in [0.1, 0.15) is 12.8 Å². The van der Waals surface area contributed by atoms with Gasteiger partial charge in [-0.25, -0.2) is 15.0 Å². The van der Waals surface area contributed by atoms with Gasteiger partial charge in [0, 0.05) is 25.5 Å². The molecule has 4 rings (SSSR count). The Balaban J connectivity index is 1.32. The standard InChI is InChI=1S/C20H21N5O3/c26-18(12-25-14-23-17-5-2-1-4-16(17)19(25)27)24-10-6-15(7-11-24)13-28-20-21-8-3-9-22-20/h1-5,8-9,14-15H,6-7,10-13H2. The van der Waals surface area contributed by atoms with Gasteiger partial charge < -0.3 is 9.64 Å². The topological polar surface area (TPSA) is 90.2 Å². The molecule has 0 bridgehead atoms. The molecule has 0 radical (unpaired) electrons. The minimum atomic E-state index is -0.190. The van der Waals surface area contributed by atoms with Crippen molar-refractivity contribution in [3.8, 4) is 6.01 Å². The molecule has 3 heterocycles. The fraction of sp³-hybridized carbons (Fsp3) is 0.350. The maximum Gasteiger partial charge on any atom is 0.316 e. The van der Waals surface area contributed by atoms with Crippen LogP contribution in [-0.2, 0) is 11.3 Å². The zero-order chi connectivity index (χ0) is 19.3. The van der Waals surface area contributed by atoms with Gasteiger partial charge >= 0.3 is 6.01 Å². The first-order valence-electron chi connectivity index (χ1n) is 9.32. The lowest BCUT2D eigenvalue weighted by atomic mass is 9.98. The van der Waals surface area contributed by atoms with E-state index in [0.29, 0.717) is 42.5 Å². The highest BCUT2D eigenvalue weighted by atomic mass is 16.5. The highest BCUT2D eigenvalue weighted by Crippen LogP contribution is 2.18. The lowest BCUT2D eigenvalue weighted by Crippen LogP contribution is -2.42. The van der Waals surface area contributed by atoms with Crippen molar-refractivity contribution >= 4 is 16.8 Å². The van der Waals surface area contributed by atoms with Crippen molar-refractivity contribution in [3.63, 3.8) is 0 Å². The Hall–Kier alpha value is -3.29. The summed E-state index contributed by atoms with van der Waals surface area (Å²) in [5.74, 6) is 0.294. The summed E-state index contributed by atoms with van der Waals surface area (Å²) in [5.41, 5.74) is 0.449. The van der Waals surface area contributed by atoms with Crippen molar-refractivity contribution in [2.45, 2.75) is 19.4 Å². The van der Waals surface area contributed by atoms with Gasteiger partial charge in [-0.1, -0.05) is 12.1 Å². The van der Waals surface area contributed by atoms with Crippen LogP contribution in [0.15, 0.2) is 53.8 Å². The van der Waals surface area contributed by atoms with Gasteiger partial charge in [0.25, 0.3) is 5.56 Å². The molecule has 3 aromatic rings. The zero-order valence-corrected chi connectivity index (χ0v) is 15.4. The number of benzene rings is 1. The number of nitrogens with zero attached hydrogens (tertiary/aromatic N) is 5. The summed E-state index contributed by atoms with van der Waals surface area (Å²) in [6.45, 7) is 1.85. The Morgan fingerprint density at radius 2 is 1.82 bits per heavy atom. The molecule has 1 aliphatic rings. The third-order valence-corrected chi connectivity index (χ3v) is 4.99. The average Bonchev–Trinajstić information content (AvgIpc) is 2.75. The maximum absolute atomic E-state index is 12.6. The third kappa shape index (κ3) is 4.00. The fourth-order valence-corrected chi connectivity index (χ4v) is 3.37. The van der Waals surface area contributed by atoms with Crippen LogP contribution in [0.25, 0.3) is 10.9 Å². The van der Waals surface area contributed by atoms with Crippen molar-refractivity contribution in [2.24, 2.45) is 5.92 Å². The number of rotatable bonds is 5. The van der Waals surface area contributed by atoms with Crippen LogP contribution < -0.4 is 10.3 Å². The number of carbonyl (C=O) groups excluding carboxylic acids is 1. The van der Waals surface area contributed by atoms with Crippen molar-refractivity contribution in [1.82, 2.24) is 24.4 Å². The molecule has 0 N–H and O–H groups in total. The number of likely N-dealkylation sites (tertiary alicyclic amines) is 1. The molecule has 144 valence electrons. The largest absolute Gasteiger partial charge is 0.463 e. The first-order chi connectivity index (χ1) is 13.7. The molecule has 8 heteroatoms. The van der Waals surface area contributed by atoms with Crippen LogP contribution in [0.2, 0.25) is 0 Å². The lowest BCUT2D eigenvalue weighted by molar-refractivity contribution is -0.133. The molecule has 2 aromatic heterocycles. The molecule has 0 unspecified atom stereocenters. The molecule has 0 atom stereocenters. The molecule has 1 fully saturated rings. The Bertz CT molecular complexity index is 1010. The van der Waals surface area contributed by atoms with Gasteiger partial charge in [0.05, 0.1) is 23.8 Å². The van der Waals surface area contributed by atoms with Crippen LogP contribution in [0.4, 0.5) is 0 Å². The van der Waals surface area contributed by atoms with Gasteiger partial charge in [-0.05, 0) is 37.0 Å². The average molecular weight is 379 g/mol. The number of piperidine rings is 1. The summed E-state index contributed by atoms with van der Waals surface area (Å²) < 4.78 is 7.00. The second-order valence-electron chi connectivity index (χ2n) is 6.86. The number of hydrogen-bond acceptors (Lipinski definition) is 6. The minimum absolute atomic E-state index is 0.00961. The SMILES string of the molecule is O=C(Cn1cnc2ccccc2c1=O)N1CCC(COc2ncccn2)CC1. The summed E-state index contributed by atoms with van der Waals surface area (Å²) in [6, 6.07) is 9.27. The maximum atomic E-state index is 12.6. The number of amides is 1. The molecule has 0 spiro atoms. The Morgan fingerprint density at radius 1 is 1.07 bits per heavy atom. The van der Waals surface area contributed by atoms with E-state index >= 15 is 0 Å². The summed E-state index contributed by atoms with van der Waals surface area (Å²) >= 11 is 0. The third-order valence-electron chi connectivity index (χ3n) is 4.99. The quantitative estimate of drug-likeness (QED) is 0.667. The highest BCUT2D eigenvalue weighted by Gasteiger charge is 2.24. The molecule has 1 aliphatic heterocycles. The van der Waals surface area contributed by atoms with Crippen LogP contribution in [0.3, 0.4) is 0 Å². The smallest absolute Gasteiger partial charge is 0.316 e. The fourth-order valence-electron chi connectivity index (χ4n) is 3.37. The molecule has 1 aromatic carbocycles. The van der Waals surface area contributed by atoms with Crippen LogP contribution in [-0.4, -0.2) is 50.0 Å². The van der Waals surface area contributed by atoms with E-state index in [-0.39, 0.29) is 18.0 Å². The Kier molecular flexibility index (Phi) is 5.27. The van der Waals surface area contributed by atoms with E-state index in [9.17, 15) is 9.59 Å². The first-order valence-corrected chi connectivity index (χ1v) is 9.32. The summed E-state index contributed by atoms with van der Waals surface area (Å²) in [7, 11) is 0. The molecule has 28 heavy (non-hydrogen) atoms. The van der Waals surface area contributed by atoms with E-state index in [0.717, 1.165) is 12.8 Å². The monoisotopic (exact) mass is 379 g/mol. The van der Waals surface area contributed by atoms with E-state index in [1.54, 1.807) is 41.6 Å². The van der Waals surface area contributed by atoms with E-state index in [1.165, 1.54) is 10.9 Å². The van der Waals surface area contributed by atoms with Crippen molar-refractivity contribution in [1.29, 1.82) is 0 Å².